The zero-order valence-electron chi connectivity index (χ0n) is 13.8. The highest BCUT2D eigenvalue weighted by Gasteiger charge is 2.60. The van der Waals surface area contributed by atoms with Crippen molar-refractivity contribution in [3.05, 3.63) is 11.6 Å². The summed E-state index contributed by atoms with van der Waals surface area (Å²) in [4.78, 5) is 0. The number of allylic oxidation sites excluding steroid dienone is 2. The molecule has 0 spiro atoms. The minimum atomic E-state index is -0.317. The third-order valence-corrected chi connectivity index (χ3v) is 8.22. The van der Waals surface area contributed by atoms with Crippen LogP contribution in [0.5, 0.6) is 0 Å². The van der Waals surface area contributed by atoms with Gasteiger partial charge in [0.25, 0.3) is 0 Å². The lowest BCUT2D eigenvalue weighted by Crippen LogP contribution is -2.53. The predicted octanol–water partition coefficient (Wildman–Crippen LogP) is 4.74. The van der Waals surface area contributed by atoms with Gasteiger partial charge in [-0.15, -0.1) is 0 Å². The van der Waals surface area contributed by atoms with E-state index in [0.29, 0.717) is 29.6 Å². The largest absolute Gasteiger partial charge is 0.509 e. The first-order chi connectivity index (χ1) is 10.4. The van der Waals surface area contributed by atoms with Crippen LogP contribution < -0.4 is 0 Å². The van der Waals surface area contributed by atoms with Crippen molar-refractivity contribution >= 4 is 0 Å². The molecular formula is C19H29FO2. The van der Waals surface area contributed by atoms with Crippen molar-refractivity contribution in [3.63, 3.8) is 0 Å². The van der Waals surface area contributed by atoms with E-state index in [9.17, 15) is 14.6 Å². The summed E-state index contributed by atoms with van der Waals surface area (Å²) >= 11 is 0. The Morgan fingerprint density at radius 1 is 1.05 bits per heavy atom. The SMILES string of the molecule is C[C@]12CCC(O)CC1CC[C@@H]1[C@@H]2CC[C@]2(C)C(O)=C(F)C[C@@H]12. The van der Waals surface area contributed by atoms with Gasteiger partial charge in [-0.2, -0.15) is 0 Å². The molecule has 0 aliphatic heterocycles. The van der Waals surface area contributed by atoms with Crippen LogP contribution in [-0.2, 0) is 0 Å². The van der Waals surface area contributed by atoms with Crippen molar-refractivity contribution in [3.8, 4) is 0 Å². The number of halogens is 1. The van der Waals surface area contributed by atoms with Gasteiger partial charge in [-0.1, -0.05) is 13.8 Å². The molecule has 0 radical (unpaired) electrons. The number of hydrogen-bond acceptors (Lipinski definition) is 2. The van der Waals surface area contributed by atoms with Crippen molar-refractivity contribution in [2.75, 3.05) is 0 Å². The number of hydrogen-bond donors (Lipinski definition) is 2. The lowest BCUT2D eigenvalue weighted by atomic mass is 9.45. The summed E-state index contributed by atoms with van der Waals surface area (Å²) in [7, 11) is 0. The van der Waals surface area contributed by atoms with Gasteiger partial charge in [0.15, 0.2) is 0 Å². The number of rotatable bonds is 0. The molecule has 2 nitrogen and oxygen atoms in total. The Balaban J connectivity index is 1.64. The second-order valence-corrected chi connectivity index (χ2v) is 9.00. The molecule has 4 rings (SSSR count). The lowest BCUT2D eigenvalue weighted by molar-refractivity contribution is -0.121. The van der Waals surface area contributed by atoms with E-state index >= 15 is 0 Å². The van der Waals surface area contributed by atoms with Crippen molar-refractivity contribution < 1.29 is 14.6 Å². The molecule has 7 atom stereocenters. The van der Waals surface area contributed by atoms with Crippen LogP contribution in [0.3, 0.4) is 0 Å². The van der Waals surface area contributed by atoms with E-state index in [1.54, 1.807) is 0 Å². The summed E-state index contributed by atoms with van der Waals surface area (Å²) in [5, 5.41) is 20.3. The van der Waals surface area contributed by atoms with E-state index in [2.05, 4.69) is 13.8 Å². The highest BCUT2D eigenvalue weighted by atomic mass is 19.1. The Hall–Kier alpha value is -0.570. The Morgan fingerprint density at radius 2 is 1.82 bits per heavy atom. The van der Waals surface area contributed by atoms with Gasteiger partial charge in [-0.3, -0.25) is 0 Å². The summed E-state index contributed by atoms with van der Waals surface area (Å²) in [5.41, 5.74) is 0.000783. The molecular weight excluding hydrogens is 279 g/mol. The molecule has 3 fully saturated rings. The Kier molecular flexibility index (Phi) is 3.21. The van der Waals surface area contributed by atoms with E-state index in [4.69, 9.17) is 0 Å². The monoisotopic (exact) mass is 308 g/mol. The number of aliphatic hydroxyl groups is 2. The van der Waals surface area contributed by atoms with Gasteiger partial charge < -0.3 is 10.2 Å². The van der Waals surface area contributed by atoms with Gasteiger partial charge >= 0.3 is 0 Å². The normalized spacial score (nSPS) is 54.6. The average Bonchev–Trinajstić information content (AvgIpc) is 2.72. The molecule has 3 saturated carbocycles. The topological polar surface area (TPSA) is 40.5 Å². The molecule has 0 aromatic heterocycles. The van der Waals surface area contributed by atoms with Crippen LogP contribution in [0.2, 0.25) is 0 Å². The summed E-state index contributed by atoms with van der Waals surface area (Å²) in [6.45, 7) is 4.51. The Labute approximate surface area is 132 Å². The number of aliphatic hydroxyl groups excluding tert-OH is 2. The van der Waals surface area contributed by atoms with Gasteiger partial charge in [0.05, 0.1) is 6.10 Å². The molecule has 0 saturated heterocycles. The summed E-state index contributed by atoms with van der Waals surface area (Å²) in [6, 6.07) is 0. The summed E-state index contributed by atoms with van der Waals surface area (Å²) in [6.07, 6.45) is 7.69. The molecule has 0 heterocycles. The highest BCUT2D eigenvalue weighted by Crippen LogP contribution is 2.66. The zero-order chi connectivity index (χ0) is 15.7. The first-order valence-corrected chi connectivity index (χ1v) is 9.12. The quantitative estimate of drug-likeness (QED) is 0.678. The van der Waals surface area contributed by atoms with Crippen LogP contribution in [0.25, 0.3) is 0 Å². The Bertz CT molecular complexity index is 516. The summed E-state index contributed by atoms with van der Waals surface area (Å²) in [5.74, 6) is 1.92. The zero-order valence-corrected chi connectivity index (χ0v) is 13.8. The van der Waals surface area contributed by atoms with E-state index in [0.717, 1.165) is 38.5 Å². The third-order valence-electron chi connectivity index (χ3n) is 8.22. The molecule has 3 heteroatoms. The highest BCUT2D eigenvalue weighted by molar-refractivity contribution is 5.23. The van der Waals surface area contributed by atoms with Crippen molar-refractivity contribution in [2.24, 2.45) is 34.5 Å². The first-order valence-electron chi connectivity index (χ1n) is 9.12. The molecule has 0 aromatic rings. The summed E-state index contributed by atoms with van der Waals surface area (Å²) < 4.78 is 14.1. The fourth-order valence-electron chi connectivity index (χ4n) is 6.83. The average molecular weight is 308 g/mol. The second-order valence-electron chi connectivity index (χ2n) is 9.00. The fourth-order valence-corrected chi connectivity index (χ4v) is 6.83. The van der Waals surface area contributed by atoms with Gasteiger partial charge in [0, 0.05) is 11.8 Å². The molecule has 2 unspecified atom stereocenters. The molecule has 22 heavy (non-hydrogen) atoms. The third kappa shape index (κ3) is 1.81. The van der Waals surface area contributed by atoms with Crippen LogP contribution in [0.4, 0.5) is 4.39 Å². The molecule has 0 bridgehead atoms. The van der Waals surface area contributed by atoms with E-state index < -0.39 is 0 Å². The molecule has 2 N–H and O–H groups in total. The lowest BCUT2D eigenvalue weighted by Gasteiger charge is -2.60. The maximum Gasteiger partial charge on any atom is 0.138 e. The predicted molar refractivity (Wildman–Crippen MR) is 83.9 cm³/mol. The molecule has 0 amide bonds. The minimum Gasteiger partial charge on any atom is -0.509 e. The maximum absolute atomic E-state index is 14.1. The van der Waals surface area contributed by atoms with Crippen LogP contribution in [-0.4, -0.2) is 16.3 Å². The van der Waals surface area contributed by atoms with E-state index in [1.165, 1.54) is 6.42 Å². The van der Waals surface area contributed by atoms with Crippen LogP contribution in [0, 0.1) is 34.5 Å². The van der Waals surface area contributed by atoms with E-state index in [-0.39, 0.29) is 29.0 Å². The molecule has 0 aromatic carbocycles. The molecule has 4 aliphatic carbocycles. The van der Waals surface area contributed by atoms with Crippen molar-refractivity contribution in [1.82, 2.24) is 0 Å². The first kappa shape index (κ1) is 15.0. The smallest absolute Gasteiger partial charge is 0.138 e. The van der Waals surface area contributed by atoms with Crippen LogP contribution in [0.1, 0.15) is 65.2 Å². The van der Waals surface area contributed by atoms with Crippen molar-refractivity contribution in [2.45, 2.75) is 71.3 Å². The van der Waals surface area contributed by atoms with Gasteiger partial charge in [-0.25, -0.2) is 4.39 Å². The minimum absolute atomic E-state index is 0.0577. The van der Waals surface area contributed by atoms with Gasteiger partial charge in [0.1, 0.15) is 11.6 Å². The number of fused-ring (bicyclic) bond motifs is 5. The fraction of sp³-hybridized carbons (Fsp3) is 0.895. The molecule has 124 valence electrons. The second kappa shape index (κ2) is 4.72. The Morgan fingerprint density at radius 3 is 2.59 bits per heavy atom. The van der Waals surface area contributed by atoms with Gasteiger partial charge in [-0.05, 0) is 74.0 Å². The van der Waals surface area contributed by atoms with E-state index in [1.807, 2.05) is 0 Å². The van der Waals surface area contributed by atoms with Crippen molar-refractivity contribution in [1.29, 1.82) is 0 Å². The maximum atomic E-state index is 14.1. The van der Waals surface area contributed by atoms with Crippen LogP contribution >= 0.6 is 0 Å². The van der Waals surface area contributed by atoms with Gasteiger partial charge in [0.2, 0.25) is 0 Å². The van der Waals surface area contributed by atoms with Crippen LogP contribution in [0.15, 0.2) is 11.6 Å². The molecule has 4 aliphatic rings. The standard InChI is InChI=1S/C19H29FO2/c1-18-7-5-12(21)9-11(18)3-4-13-14(18)6-8-19(2)15(13)10-16(20)17(19)22/h11-15,21-22H,3-10H2,1-2H3/t11?,12?,13-,14+,15+,18+,19+/m1/s1.